The Morgan fingerprint density at radius 3 is 0.810 bits per heavy atom. The topological polar surface area (TPSA) is 237 Å². The van der Waals surface area contributed by atoms with Gasteiger partial charge in [0.25, 0.3) is 0 Å². The maximum absolute atomic E-state index is 13.4. The van der Waals surface area contributed by atoms with Crippen LogP contribution in [-0.4, -0.2) is 0 Å². The highest BCUT2D eigenvalue weighted by molar-refractivity contribution is 6.32. The van der Waals surface area contributed by atoms with Crippen molar-refractivity contribution in [2.75, 3.05) is 0 Å². The molecule has 0 saturated carbocycles. The molecule has 0 N–H and O–H groups in total. The summed E-state index contributed by atoms with van der Waals surface area (Å²) in [6.45, 7) is 0. The van der Waals surface area contributed by atoms with Gasteiger partial charge in [0.05, 0.1) is 21.9 Å². The molecule has 0 fully saturated rings. The fourth-order valence-electron chi connectivity index (χ4n) is 19.6. The Labute approximate surface area is 705 Å². The van der Waals surface area contributed by atoms with Crippen LogP contribution in [-0.2, 0) is 0 Å². The maximum atomic E-state index is 13.4. The molecular formula is C108H50O18. The second kappa shape index (κ2) is 25.5. The zero-order valence-corrected chi connectivity index (χ0v) is 65.2. The minimum atomic E-state index is -0.428. The molecule has 6 aromatic heterocycles. The molecule has 0 bridgehead atoms. The third kappa shape index (κ3) is 9.96. The Morgan fingerprint density at radius 2 is 0.452 bits per heavy atom. The number of hydrogen-bond donors (Lipinski definition) is 0. The van der Waals surface area contributed by atoms with Crippen molar-refractivity contribution in [3.63, 3.8) is 0 Å². The van der Waals surface area contributed by atoms with Gasteiger partial charge in [-0.05, 0) is 154 Å². The summed E-state index contributed by atoms with van der Waals surface area (Å²) >= 11 is 0. The highest BCUT2D eigenvalue weighted by atomic mass is 16.5. The first-order chi connectivity index (χ1) is 61.9. The average Bonchev–Trinajstić information content (AvgIpc) is 0.690. The van der Waals surface area contributed by atoms with Gasteiger partial charge in [-0.3, -0.25) is 9.59 Å². The van der Waals surface area contributed by atoms with Crippen LogP contribution >= 0.6 is 0 Å². The van der Waals surface area contributed by atoms with Crippen molar-refractivity contribution in [3.8, 4) is 158 Å². The standard InChI is InChI=1S/C44H22O6.2C32H14O6/c45-31-21-35(23-9-3-1-4-10-23)49-37-19-29-39(17-27(31)37)47-33-15-16-34-44-42(26-14-8-7-13-25(26)41(29)43(33)44)30-20-38-28(18-40(30)48-34)32(46)22-36(50-38)24-11-5-2-6-12-24;33-23-13-7-15-5-9-21-29(31(15)37-23)25-17-3-1-2-4-18(17)26-28-20(12-11-19(35-21)27(25)28)36-22-10-6-16-8-14-24(34)38-32(16)30(22)26;33-27-9-5-15-11-19-25(13-23(15)37-27)35-21-7-8-22-32-30(18-4-2-1-3-17(18)29(19)31(21)32)20-12-16-6-10-28(34)38-24(16)14-26(20)36-22/h1-22H;2*1-14H. The molecule has 126 heavy (non-hydrogen) atoms. The molecule has 23 aromatic rings. The van der Waals surface area contributed by atoms with E-state index in [4.69, 9.17) is 54.9 Å². The fourth-order valence-corrected chi connectivity index (χ4v) is 19.6. The second-order valence-corrected chi connectivity index (χ2v) is 31.8. The van der Waals surface area contributed by atoms with Gasteiger partial charge in [-0.2, -0.15) is 0 Å². The molecule has 17 aromatic carbocycles. The average molecular weight is 1640 g/mol. The molecule has 0 saturated heterocycles. The van der Waals surface area contributed by atoms with E-state index in [1.807, 2.05) is 182 Å². The summed E-state index contributed by atoms with van der Waals surface area (Å²) in [5.41, 5.74) is 13.3. The van der Waals surface area contributed by atoms with Gasteiger partial charge in [0.1, 0.15) is 114 Å². The van der Waals surface area contributed by atoms with Crippen LogP contribution in [0.25, 0.3) is 220 Å². The molecule has 0 unspecified atom stereocenters. The van der Waals surface area contributed by atoms with Gasteiger partial charge < -0.3 is 54.9 Å². The molecule has 6 aliphatic rings. The van der Waals surface area contributed by atoms with Gasteiger partial charge in [0.15, 0.2) is 10.9 Å². The van der Waals surface area contributed by atoms with Crippen LogP contribution in [0.5, 0.6) is 69.0 Å². The van der Waals surface area contributed by atoms with Crippen molar-refractivity contribution in [2.24, 2.45) is 0 Å². The molecule has 6 aliphatic heterocycles. The van der Waals surface area contributed by atoms with Crippen LogP contribution in [0.1, 0.15) is 0 Å². The summed E-state index contributed by atoms with van der Waals surface area (Å²) in [5, 5.41) is 15.6. The minimum absolute atomic E-state index is 0.142. The largest absolute Gasteiger partial charge is 0.456 e. The van der Waals surface area contributed by atoms with Crippen molar-refractivity contribution < 1.29 is 54.9 Å². The Morgan fingerprint density at radius 1 is 0.175 bits per heavy atom. The first kappa shape index (κ1) is 69.2. The van der Waals surface area contributed by atoms with Crippen LogP contribution < -0.4 is 61.8 Å². The molecule has 0 atom stereocenters. The van der Waals surface area contributed by atoms with E-state index in [2.05, 4.69) is 36.4 Å². The van der Waals surface area contributed by atoms with E-state index in [-0.39, 0.29) is 10.9 Å². The van der Waals surface area contributed by atoms with E-state index < -0.39 is 22.5 Å². The third-order valence-corrected chi connectivity index (χ3v) is 24.9. The second-order valence-electron chi connectivity index (χ2n) is 31.8. The summed E-state index contributed by atoms with van der Waals surface area (Å²) in [6, 6.07) is 93.7. The van der Waals surface area contributed by atoms with Crippen LogP contribution in [0, 0.1) is 0 Å². The molecule has 0 aliphatic carbocycles. The highest BCUT2D eigenvalue weighted by Crippen LogP contribution is 2.64. The lowest BCUT2D eigenvalue weighted by atomic mass is 9.82. The van der Waals surface area contributed by atoms with E-state index in [1.54, 1.807) is 48.5 Å². The molecule has 590 valence electrons. The monoisotopic (exact) mass is 1630 g/mol. The lowest BCUT2D eigenvalue weighted by Gasteiger charge is -2.29. The van der Waals surface area contributed by atoms with Crippen LogP contribution in [0.15, 0.2) is 359 Å². The van der Waals surface area contributed by atoms with Gasteiger partial charge in [-0.15, -0.1) is 0 Å². The quantitative estimate of drug-likeness (QED) is 0.115. The summed E-state index contributed by atoms with van der Waals surface area (Å²) in [6.07, 6.45) is 0. The van der Waals surface area contributed by atoms with Gasteiger partial charge >= 0.3 is 22.5 Å². The van der Waals surface area contributed by atoms with Crippen molar-refractivity contribution in [1.82, 2.24) is 0 Å². The van der Waals surface area contributed by atoms with Gasteiger partial charge in [0.2, 0.25) is 0 Å². The number of hydrogen-bond acceptors (Lipinski definition) is 18. The molecule has 0 spiro atoms. The van der Waals surface area contributed by atoms with E-state index in [1.165, 1.54) is 36.4 Å². The summed E-state index contributed by atoms with van der Waals surface area (Å²) < 4.78 is 74.1. The lowest BCUT2D eigenvalue weighted by Crippen LogP contribution is -2.07. The first-order valence-electron chi connectivity index (χ1n) is 40.6. The molecule has 18 nitrogen and oxygen atoms in total. The molecule has 0 radical (unpaired) electrons. The number of benzene rings is 17. The number of fused-ring (bicyclic) bond motifs is 29. The predicted molar refractivity (Wildman–Crippen MR) is 485 cm³/mol. The summed E-state index contributed by atoms with van der Waals surface area (Å²) in [5.74, 6) is 8.72. The van der Waals surface area contributed by atoms with Crippen molar-refractivity contribution in [3.05, 3.63) is 365 Å². The van der Waals surface area contributed by atoms with Crippen molar-refractivity contribution >= 4 is 130 Å². The molecule has 29 rings (SSSR count). The molecule has 12 heterocycles. The Kier molecular flexibility index (Phi) is 14.0. The van der Waals surface area contributed by atoms with Gasteiger partial charge in [0, 0.05) is 169 Å². The Bertz CT molecular complexity index is 8920. The molecule has 18 heteroatoms. The Hall–Kier alpha value is -17.6. The summed E-state index contributed by atoms with van der Waals surface area (Å²) in [7, 11) is 0. The van der Waals surface area contributed by atoms with E-state index in [9.17, 15) is 28.8 Å². The van der Waals surface area contributed by atoms with Crippen LogP contribution in [0.3, 0.4) is 0 Å². The third-order valence-electron chi connectivity index (χ3n) is 24.9. The molecular weight excluding hydrogens is 1590 g/mol. The summed E-state index contributed by atoms with van der Waals surface area (Å²) in [4.78, 5) is 75.2. The van der Waals surface area contributed by atoms with E-state index in [0.717, 1.165) is 164 Å². The fraction of sp³-hybridized carbons (Fsp3) is 0. The first-order valence-corrected chi connectivity index (χ1v) is 40.6. The maximum Gasteiger partial charge on any atom is 0.336 e. The van der Waals surface area contributed by atoms with E-state index >= 15 is 0 Å². The predicted octanol–water partition coefficient (Wildman–Crippen LogP) is 26.6. The van der Waals surface area contributed by atoms with Crippen molar-refractivity contribution in [2.45, 2.75) is 0 Å². The normalized spacial score (nSPS) is 12.7. The smallest absolute Gasteiger partial charge is 0.336 e. The van der Waals surface area contributed by atoms with E-state index in [0.29, 0.717) is 125 Å². The van der Waals surface area contributed by atoms with Crippen LogP contribution in [0.4, 0.5) is 0 Å². The highest BCUT2D eigenvalue weighted by Gasteiger charge is 2.38. The van der Waals surface area contributed by atoms with Crippen LogP contribution in [0.2, 0.25) is 0 Å². The number of rotatable bonds is 2. The van der Waals surface area contributed by atoms with Crippen molar-refractivity contribution in [1.29, 1.82) is 0 Å². The van der Waals surface area contributed by atoms with Gasteiger partial charge in [-0.25, -0.2) is 19.2 Å². The zero-order valence-electron chi connectivity index (χ0n) is 65.2. The molecule has 0 amide bonds. The lowest BCUT2D eigenvalue weighted by molar-refractivity contribution is 0.473. The number of ether oxygens (including phenoxy) is 6. The SMILES string of the molecule is O=c1cc(-c2ccccc2)oc2cc3c(cc12)Oc1ccc2c4c(c5ccccc5c-3c14)-c1cc3oc(-c4ccccc4)cc(=O)c3cc1O2.O=c1ccc2cc3c(cc2o1)Oc1ccc2c4c(c5ccccc5c-3c14)-c1cc3ccc(=O)oc3cc1O2.O=c1ccc2ccc3c(c2o1)-c1c2ccccc2c2c4c(ccc(c14)O3)Oc1ccc3ccc(=O)oc3c1-2. The minimum Gasteiger partial charge on any atom is -0.456 e. The Balaban J connectivity index is 0.0000000996. The van der Waals surface area contributed by atoms with Gasteiger partial charge in [-0.1, -0.05) is 133 Å². The zero-order chi connectivity index (χ0) is 83.3.